The van der Waals surface area contributed by atoms with Crippen molar-refractivity contribution in [3.05, 3.63) is 132 Å². The largest absolute Gasteiger partial charge is 0.490 e. The van der Waals surface area contributed by atoms with Gasteiger partial charge < -0.3 is 115 Å². The molecule has 13 rings (SSSR count). The van der Waals surface area contributed by atoms with E-state index in [1.807, 2.05) is 51.1 Å². The summed E-state index contributed by atoms with van der Waals surface area (Å²) in [6.07, 6.45) is 0.157. The van der Waals surface area contributed by atoms with Crippen molar-refractivity contribution in [3.8, 4) is 23.0 Å². The fraction of sp³-hybridized carbons (Fsp3) is 0.568. The summed E-state index contributed by atoms with van der Waals surface area (Å²) in [6.45, 7) is 25.1. The molecule has 752 valence electrons. The second kappa shape index (κ2) is 49.1. The Morgan fingerprint density at radius 1 is 0.482 bits per heavy atom. The Labute approximate surface area is 793 Å². The van der Waals surface area contributed by atoms with E-state index < -0.39 is 112 Å². The lowest BCUT2D eigenvalue weighted by Crippen LogP contribution is -2.57. The molecule has 0 radical (unpaired) electrons. The van der Waals surface area contributed by atoms with E-state index in [9.17, 15) is 76.1 Å². The smallest absolute Gasteiger partial charge is 0.414 e. The van der Waals surface area contributed by atoms with Gasteiger partial charge in [-0.2, -0.15) is 0 Å². The monoisotopic (exact) mass is 1930 g/mol. The minimum atomic E-state index is -1.05. The topological polar surface area (TPSA) is 459 Å². The van der Waals surface area contributed by atoms with Crippen molar-refractivity contribution in [2.45, 2.75) is 205 Å². The van der Waals surface area contributed by atoms with E-state index in [0.717, 1.165) is 44.6 Å². The number of alkyl carbamates (subject to hydrolysis) is 1. The Morgan fingerprint density at radius 3 is 1.24 bits per heavy atom. The number of cyclic esters (lactones) is 4. The molecule has 8 fully saturated rings. The summed E-state index contributed by atoms with van der Waals surface area (Å²) in [5.74, 6) is -3.06. The molecular formula is C95H130F4N14O24. The van der Waals surface area contributed by atoms with E-state index in [0.29, 0.717) is 100 Å². The molecule has 0 spiro atoms. The van der Waals surface area contributed by atoms with Gasteiger partial charge in [-0.3, -0.25) is 38.8 Å². The fourth-order valence-electron chi connectivity index (χ4n) is 16.2. The molecule has 0 aromatic heterocycles. The SMILES string of the molecule is CC(=O)NCC1CN(c2ccc(OCCC3(O)CCNCC3)c(F)c2)C(=O)O1.CC(=O)NC[C@H]1CN(c2ccc(OCC(C)(O)C3CCNCC3)c(F)c2)C(=O)O1.CC(=O)NC[C@H]1CN(c2ccc(OCC(N)C3CCN(C(=O)OC(C)(C)C)CC3)c(F)c2)C(=O)O1.CC(=O)NC[C@H]1CN(c2ccc(OCCC3(NC(=O)OC(C)(C)C)CCN(C(=O)OCc4ccccc4)CC3)c(F)c2)C(=O)O1. The molecule has 8 saturated heterocycles. The van der Waals surface area contributed by atoms with Crippen molar-refractivity contribution < 1.29 is 133 Å². The average molecular weight is 1930 g/mol. The van der Waals surface area contributed by atoms with Gasteiger partial charge in [-0.15, -0.1) is 0 Å². The van der Waals surface area contributed by atoms with E-state index in [1.54, 1.807) is 61.8 Å². The highest BCUT2D eigenvalue weighted by atomic mass is 19.1. The Hall–Kier alpha value is -12.4. The molecule has 0 aliphatic carbocycles. The van der Waals surface area contributed by atoms with Gasteiger partial charge in [-0.25, -0.2) is 51.1 Å². The molecule has 6 atom stereocenters. The lowest BCUT2D eigenvalue weighted by Gasteiger charge is -2.42. The number of nitrogens with two attached hydrogens (primary N) is 1. The second-order valence-corrected chi connectivity index (χ2v) is 37.2. The Kier molecular flexibility index (Phi) is 38.2. The number of piperidine rings is 4. The molecule has 8 aliphatic rings. The highest BCUT2D eigenvalue weighted by Crippen LogP contribution is 2.37. The standard InChI is InChI=1S/C32H41FN4O8.C24H35FN4O6.C20H28FN3O5.C19H26FN3O5/c1-22(38)34-19-25-20-37(30(41)44-25)24-10-11-27(26(33)18-24)42-17-14-32(35-28(39)45-31(2,3)4)12-15-36(16-13-32)29(40)43-21-23-8-6-5-7-9-23;1-15(30)27-12-18-13-29(23(32)34-18)17-5-6-21(19(25)11-17)33-14-20(26)16-7-9-28(10-8-16)22(31)35-24(2,3)4;1-13(25)23-10-16-11-24(19(26)29-16)15-3-4-18(17(21)9-15)28-12-20(2,27)14-5-7-22-8-6-14;1-13(24)22-11-15-12-23(18(25)28-15)14-2-3-17(16(20)10-14)27-9-6-19(26)4-7-21-8-5-19/h5-11,18,25H,12-17,19-21H2,1-4H3,(H,34,38)(H,35,39);5-6,11,16,18,20H,7-10,12-14,26H2,1-4H3,(H,27,30);3-4,9,14,16,22,27H,5-8,10-12H2,1-2H3,(H,23,25);2-3,10,15,21,26H,4-9,11-12H2,1H3,(H,22,24)/t25-;18-,20?;16-,20?;/m000./s1. The van der Waals surface area contributed by atoms with Crippen LogP contribution in [0.4, 0.5) is 73.9 Å². The van der Waals surface area contributed by atoms with E-state index in [-0.39, 0.29) is 156 Å². The van der Waals surface area contributed by atoms with Gasteiger partial charge in [0.05, 0.1) is 99.5 Å². The van der Waals surface area contributed by atoms with Gasteiger partial charge in [0.25, 0.3) is 0 Å². The summed E-state index contributed by atoms with van der Waals surface area (Å²) in [7, 11) is 0. The Morgan fingerprint density at radius 2 is 0.854 bits per heavy atom. The van der Waals surface area contributed by atoms with E-state index in [4.69, 9.17) is 57.8 Å². The Bertz CT molecular complexity index is 4950. The fourth-order valence-corrected chi connectivity index (χ4v) is 16.2. The van der Waals surface area contributed by atoms with Crippen molar-refractivity contribution in [1.82, 2.24) is 47.0 Å². The number of halogens is 4. The van der Waals surface area contributed by atoms with E-state index in [1.165, 1.54) is 95.8 Å². The number of hydrogen-bond donors (Lipinski definition) is 10. The third-order valence-electron chi connectivity index (χ3n) is 23.8. The van der Waals surface area contributed by atoms with Crippen molar-refractivity contribution in [2.24, 2.45) is 17.6 Å². The van der Waals surface area contributed by atoms with E-state index in [2.05, 4.69) is 37.2 Å². The molecule has 8 aliphatic heterocycles. The molecule has 3 unspecified atom stereocenters. The summed E-state index contributed by atoms with van der Waals surface area (Å²) >= 11 is 0. The summed E-state index contributed by atoms with van der Waals surface area (Å²) in [6, 6.07) is 26.0. The van der Waals surface area contributed by atoms with Crippen LogP contribution in [0.5, 0.6) is 23.0 Å². The highest BCUT2D eigenvalue weighted by Gasteiger charge is 2.43. The maximum atomic E-state index is 15.1. The number of amides is 11. The predicted octanol–water partition coefficient (Wildman–Crippen LogP) is 9.98. The van der Waals surface area contributed by atoms with Gasteiger partial charge in [-0.1, -0.05) is 30.3 Å². The maximum absolute atomic E-state index is 15.1. The molecular weight excluding hydrogens is 1800 g/mol. The first-order valence-electron chi connectivity index (χ1n) is 46.0. The quantitative estimate of drug-likeness (QED) is 0.0146. The van der Waals surface area contributed by atoms with Gasteiger partial charge in [0, 0.05) is 103 Å². The maximum Gasteiger partial charge on any atom is 0.414 e. The summed E-state index contributed by atoms with van der Waals surface area (Å²) < 4.78 is 118. The van der Waals surface area contributed by atoms with Crippen LogP contribution in [0.25, 0.3) is 0 Å². The van der Waals surface area contributed by atoms with Crippen molar-refractivity contribution in [2.75, 3.05) is 151 Å². The zero-order valence-electron chi connectivity index (χ0n) is 79.4. The molecule has 11 amide bonds. The van der Waals surface area contributed by atoms with Crippen LogP contribution in [0.2, 0.25) is 0 Å². The highest BCUT2D eigenvalue weighted by molar-refractivity contribution is 5.92. The van der Waals surface area contributed by atoms with Crippen LogP contribution in [0.15, 0.2) is 103 Å². The second-order valence-electron chi connectivity index (χ2n) is 37.2. The molecule has 8 heterocycles. The van der Waals surface area contributed by atoms with Gasteiger partial charge in [0.1, 0.15) is 55.4 Å². The normalized spacial score (nSPS) is 19.9. The first-order chi connectivity index (χ1) is 64.9. The third-order valence-corrected chi connectivity index (χ3v) is 23.8. The lowest BCUT2D eigenvalue weighted by molar-refractivity contribution is -0.120. The van der Waals surface area contributed by atoms with Crippen LogP contribution in [-0.2, 0) is 58.9 Å². The van der Waals surface area contributed by atoms with E-state index >= 15 is 4.39 Å². The zero-order valence-corrected chi connectivity index (χ0v) is 79.4. The number of carbonyl (C=O) groups is 11. The van der Waals surface area contributed by atoms with Crippen LogP contribution >= 0.6 is 0 Å². The number of ether oxygens (including phenoxy) is 11. The Balaban J connectivity index is 0.000000192. The van der Waals surface area contributed by atoms with Crippen LogP contribution in [0, 0.1) is 35.1 Å². The molecule has 38 nitrogen and oxygen atoms in total. The molecule has 137 heavy (non-hydrogen) atoms. The summed E-state index contributed by atoms with van der Waals surface area (Å²) in [5, 5.41) is 40.9. The van der Waals surface area contributed by atoms with Crippen LogP contribution in [-0.4, -0.2) is 276 Å². The molecule has 11 N–H and O–H groups in total. The van der Waals surface area contributed by atoms with Crippen LogP contribution < -0.4 is 81.5 Å². The molecule has 0 bridgehead atoms. The number of rotatable bonds is 31. The van der Waals surface area contributed by atoms with Gasteiger partial charge in [0.2, 0.25) is 23.6 Å². The number of hydrogen-bond acceptors (Lipinski definition) is 27. The molecule has 42 heteroatoms. The van der Waals surface area contributed by atoms with Crippen LogP contribution in [0.3, 0.4) is 0 Å². The zero-order chi connectivity index (χ0) is 99.5. The van der Waals surface area contributed by atoms with Crippen LogP contribution in [0.1, 0.15) is 146 Å². The number of likely N-dealkylation sites (tertiary alicyclic amines) is 2. The lowest BCUT2D eigenvalue weighted by atomic mass is 9.83. The van der Waals surface area contributed by atoms with Crippen molar-refractivity contribution >= 4 is 89.0 Å². The number of anilines is 4. The number of benzene rings is 5. The first-order valence-corrected chi connectivity index (χ1v) is 46.0. The molecule has 5 aromatic carbocycles. The molecule has 5 aromatic rings. The predicted molar refractivity (Wildman–Crippen MR) is 493 cm³/mol. The number of nitrogens with one attached hydrogen (secondary N) is 7. The van der Waals surface area contributed by atoms with Gasteiger partial charge in [-0.05, 0) is 192 Å². The minimum absolute atomic E-state index is 0.0154. The van der Waals surface area contributed by atoms with Crippen molar-refractivity contribution in [1.29, 1.82) is 0 Å². The minimum Gasteiger partial charge on any atom is -0.490 e. The number of aliphatic hydroxyl groups is 2. The number of nitrogens with zero attached hydrogens (tertiary/aromatic N) is 6. The summed E-state index contributed by atoms with van der Waals surface area (Å²) in [4.78, 5) is 139. The molecule has 0 saturated carbocycles. The van der Waals surface area contributed by atoms with Gasteiger partial charge in [0.15, 0.2) is 46.3 Å². The van der Waals surface area contributed by atoms with Gasteiger partial charge >= 0.3 is 42.7 Å². The average Bonchev–Trinajstić information content (AvgIpc) is 1.63. The summed E-state index contributed by atoms with van der Waals surface area (Å²) in [5.41, 5.74) is 4.68. The first kappa shape index (κ1) is 107. The number of carbonyl (C=O) groups excluding carboxylic acids is 11. The van der Waals surface area contributed by atoms with Crippen molar-refractivity contribution in [3.63, 3.8) is 0 Å². The third kappa shape index (κ3) is 33.2.